The van der Waals surface area contributed by atoms with Gasteiger partial charge in [0, 0.05) is 24.1 Å². The average Bonchev–Trinajstić information content (AvgIpc) is 2.79. The van der Waals surface area contributed by atoms with Crippen molar-refractivity contribution in [2.75, 3.05) is 16.8 Å². The fraction of sp³-hybridized carbons (Fsp3) is 0.120. The van der Waals surface area contributed by atoms with E-state index in [2.05, 4.69) is 11.4 Å². The highest BCUT2D eigenvalue weighted by Crippen LogP contribution is 2.27. The van der Waals surface area contributed by atoms with Crippen LogP contribution < -0.4 is 15.0 Å². The molecule has 5 nitrogen and oxygen atoms in total. The van der Waals surface area contributed by atoms with Gasteiger partial charge >= 0.3 is 0 Å². The molecule has 0 fully saturated rings. The van der Waals surface area contributed by atoms with Crippen molar-refractivity contribution in [2.45, 2.75) is 12.8 Å². The Balaban J connectivity index is 1.45. The van der Waals surface area contributed by atoms with Crippen LogP contribution in [-0.4, -0.2) is 12.5 Å². The van der Waals surface area contributed by atoms with E-state index < -0.39 is 5.91 Å². The zero-order chi connectivity index (χ0) is 20.8. The highest BCUT2D eigenvalue weighted by atomic mass is 16.5. The van der Waals surface area contributed by atoms with Crippen molar-refractivity contribution < 1.29 is 9.53 Å². The number of nitrogens with zero attached hydrogens (tertiary/aromatic N) is 2. The topological polar surface area (TPSA) is 65.4 Å². The number of carbonyl (C=O) groups is 1. The van der Waals surface area contributed by atoms with Gasteiger partial charge in [0.1, 0.15) is 23.1 Å². The standard InChI is InChI=1S/C25H21N3O2/c26-17-20(18-28-16-6-8-19-7-4-5-11-24(19)28)25(29)27-21-12-14-23(15-13-21)30-22-9-2-1-3-10-22/h1-5,7,9-15,18H,6,8,16H2,(H,27,29)/b20-18-. The molecule has 0 atom stereocenters. The van der Waals surface area contributed by atoms with E-state index in [4.69, 9.17) is 4.74 Å². The van der Waals surface area contributed by atoms with Gasteiger partial charge in [-0.05, 0) is 60.9 Å². The van der Waals surface area contributed by atoms with E-state index >= 15 is 0 Å². The summed E-state index contributed by atoms with van der Waals surface area (Å²) < 4.78 is 5.76. The lowest BCUT2D eigenvalue weighted by Gasteiger charge is -2.28. The second-order valence-electron chi connectivity index (χ2n) is 6.97. The van der Waals surface area contributed by atoms with Gasteiger partial charge in [0.05, 0.1) is 0 Å². The van der Waals surface area contributed by atoms with Crippen molar-refractivity contribution in [1.82, 2.24) is 0 Å². The van der Waals surface area contributed by atoms with Crippen LogP contribution in [0.25, 0.3) is 0 Å². The van der Waals surface area contributed by atoms with Crippen LogP contribution in [0.15, 0.2) is 90.6 Å². The van der Waals surface area contributed by atoms with Gasteiger partial charge in [0.25, 0.3) is 5.91 Å². The number of fused-ring (bicyclic) bond motifs is 1. The third-order valence-corrected chi connectivity index (χ3v) is 4.89. The summed E-state index contributed by atoms with van der Waals surface area (Å²) in [5.41, 5.74) is 2.94. The average molecular weight is 395 g/mol. The molecule has 0 aromatic heterocycles. The van der Waals surface area contributed by atoms with Gasteiger partial charge in [-0.15, -0.1) is 0 Å². The second kappa shape index (κ2) is 8.97. The molecule has 1 amide bonds. The van der Waals surface area contributed by atoms with E-state index in [1.54, 1.807) is 30.5 Å². The van der Waals surface area contributed by atoms with Crippen molar-refractivity contribution >= 4 is 17.3 Å². The van der Waals surface area contributed by atoms with E-state index in [-0.39, 0.29) is 5.57 Å². The molecule has 0 spiro atoms. The molecular formula is C25H21N3O2. The van der Waals surface area contributed by atoms with E-state index in [1.165, 1.54) is 5.56 Å². The zero-order valence-corrected chi connectivity index (χ0v) is 16.4. The maximum Gasteiger partial charge on any atom is 0.267 e. The van der Waals surface area contributed by atoms with E-state index in [0.29, 0.717) is 11.4 Å². The summed E-state index contributed by atoms with van der Waals surface area (Å²) in [6.07, 6.45) is 3.63. The molecule has 1 heterocycles. The molecule has 30 heavy (non-hydrogen) atoms. The first kappa shape index (κ1) is 19.3. The third kappa shape index (κ3) is 4.50. The molecule has 4 rings (SSSR count). The van der Waals surface area contributed by atoms with Gasteiger partial charge in [0.15, 0.2) is 0 Å². The molecular weight excluding hydrogens is 374 g/mol. The molecule has 5 heteroatoms. The monoisotopic (exact) mass is 395 g/mol. The van der Waals surface area contributed by atoms with Crippen molar-refractivity contribution in [2.24, 2.45) is 0 Å². The molecule has 0 saturated carbocycles. The first-order valence-electron chi connectivity index (χ1n) is 9.84. The Labute approximate surface area is 175 Å². The second-order valence-corrected chi connectivity index (χ2v) is 6.97. The summed E-state index contributed by atoms with van der Waals surface area (Å²) >= 11 is 0. The van der Waals surface area contributed by atoms with Gasteiger partial charge in [-0.3, -0.25) is 4.79 Å². The molecule has 0 radical (unpaired) electrons. The van der Waals surface area contributed by atoms with Crippen LogP contribution in [0, 0.1) is 11.3 Å². The van der Waals surface area contributed by atoms with Crippen LogP contribution in [0.2, 0.25) is 0 Å². The molecule has 148 valence electrons. The minimum absolute atomic E-state index is 0.0660. The van der Waals surface area contributed by atoms with E-state index in [1.807, 2.05) is 59.5 Å². The third-order valence-electron chi connectivity index (χ3n) is 4.89. The number of amides is 1. The first-order valence-corrected chi connectivity index (χ1v) is 9.84. The fourth-order valence-corrected chi connectivity index (χ4v) is 3.42. The van der Waals surface area contributed by atoms with Gasteiger partial charge in [-0.2, -0.15) is 5.26 Å². The largest absolute Gasteiger partial charge is 0.457 e. The Bertz CT molecular complexity index is 1100. The lowest BCUT2D eigenvalue weighted by atomic mass is 10.0. The SMILES string of the molecule is N#C/C(=C/N1CCCc2ccccc21)C(=O)Nc1ccc(Oc2ccccc2)cc1. The number of rotatable bonds is 5. The number of hydrogen-bond acceptors (Lipinski definition) is 4. The minimum atomic E-state index is -0.433. The fourth-order valence-electron chi connectivity index (χ4n) is 3.42. The number of nitriles is 1. The van der Waals surface area contributed by atoms with Gasteiger partial charge in [0.2, 0.25) is 0 Å². The normalized spacial score (nSPS) is 13.2. The smallest absolute Gasteiger partial charge is 0.267 e. The molecule has 1 N–H and O–H groups in total. The summed E-state index contributed by atoms with van der Waals surface area (Å²) in [4.78, 5) is 14.6. The number of carbonyl (C=O) groups excluding carboxylic acids is 1. The molecule has 3 aromatic rings. The molecule has 3 aromatic carbocycles. The van der Waals surface area contributed by atoms with Crippen LogP contribution in [0.1, 0.15) is 12.0 Å². The van der Waals surface area contributed by atoms with Crippen molar-refractivity contribution in [3.8, 4) is 17.6 Å². The van der Waals surface area contributed by atoms with Crippen LogP contribution in [0.5, 0.6) is 11.5 Å². The van der Waals surface area contributed by atoms with Crippen LogP contribution >= 0.6 is 0 Å². The number of aryl methyl sites for hydroxylation is 1. The molecule has 0 saturated heterocycles. The lowest BCUT2D eigenvalue weighted by molar-refractivity contribution is -0.112. The van der Waals surface area contributed by atoms with Crippen molar-refractivity contribution in [1.29, 1.82) is 5.26 Å². The molecule has 0 aliphatic carbocycles. The summed E-state index contributed by atoms with van der Waals surface area (Å²) in [5.74, 6) is 0.975. The Hall–Kier alpha value is -4.04. The summed E-state index contributed by atoms with van der Waals surface area (Å²) in [7, 11) is 0. The Kier molecular flexibility index (Phi) is 5.77. The predicted molar refractivity (Wildman–Crippen MR) is 117 cm³/mol. The first-order chi connectivity index (χ1) is 14.7. The van der Waals surface area contributed by atoms with Crippen molar-refractivity contribution in [3.63, 3.8) is 0 Å². The highest BCUT2D eigenvalue weighted by Gasteiger charge is 2.17. The quantitative estimate of drug-likeness (QED) is 0.472. The molecule has 0 bridgehead atoms. The number of benzene rings is 3. The van der Waals surface area contributed by atoms with Gasteiger partial charge < -0.3 is 15.0 Å². The Morgan fingerprint density at radius 2 is 1.67 bits per heavy atom. The molecule has 0 unspecified atom stereocenters. The zero-order valence-electron chi connectivity index (χ0n) is 16.4. The highest BCUT2D eigenvalue weighted by molar-refractivity contribution is 6.06. The molecule has 1 aliphatic heterocycles. The Morgan fingerprint density at radius 1 is 0.967 bits per heavy atom. The summed E-state index contributed by atoms with van der Waals surface area (Å²) in [5, 5.41) is 12.3. The van der Waals surface area contributed by atoms with E-state index in [9.17, 15) is 10.1 Å². The number of nitrogens with one attached hydrogen (secondary N) is 1. The molecule has 1 aliphatic rings. The van der Waals surface area contributed by atoms with Crippen molar-refractivity contribution in [3.05, 3.63) is 96.2 Å². The van der Waals surface area contributed by atoms with Crippen LogP contribution in [0.4, 0.5) is 11.4 Å². The minimum Gasteiger partial charge on any atom is -0.457 e. The maximum absolute atomic E-state index is 12.6. The summed E-state index contributed by atoms with van der Waals surface area (Å²) in [6, 6.07) is 26.6. The predicted octanol–water partition coefficient (Wildman–Crippen LogP) is 5.28. The number of para-hydroxylation sites is 2. The summed E-state index contributed by atoms with van der Waals surface area (Å²) in [6.45, 7) is 0.779. The van der Waals surface area contributed by atoms with Gasteiger partial charge in [-0.1, -0.05) is 36.4 Å². The van der Waals surface area contributed by atoms with Crippen LogP contribution in [-0.2, 0) is 11.2 Å². The van der Waals surface area contributed by atoms with Gasteiger partial charge in [-0.25, -0.2) is 0 Å². The lowest BCUT2D eigenvalue weighted by Crippen LogP contribution is -2.26. The van der Waals surface area contributed by atoms with Crippen LogP contribution in [0.3, 0.4) is 0 Å². The van der Waals surface area contributed by atoms with E-state index in [0.717, 1.165) is 30.8 Å². The maximum atomic E-state index is 12.6. The number of ether oxygens (including phenoxy) is 1. The number of anilines is 2. The Morgan fingerprint density at radius 3 is 2.43 bits per heavy atom. The number of hydrogen-bond donors (Lipinski definition) is 1.